The number of nitrogens with one attached hydrogen (secondary N) is 3. The van der Waals surface area contributed by atoms with E-state index in [0.717, 1.165) is 79.4 Å². The van der Waals surface area contributed by atoms with Crippen molar-refractivity contribution >= 4 is 23.7 Å². The van der Waals surface area contributed by atoms with E-state index in [-0.39, 0.29) is 5.91 Å². The van der Waals surface area contributed by atoms with Crippen molar-refractivity contribution in [3.63, 3.8) is 0 Å². The Labute approximate surface area is 175 Å². The molecule has 30 heavy (non-hydrogen) atoms. The molecule has 3 N–H and O–H groups in total. The number of aryl methyl sites for hydroxylation is 2. The normalized spacial score (nSPS) is 19.2. The molecule has 1 spiro atoms. The molecule has 5 rings (SSSR count). The van der Waals surface area contributed by atoms with Gasteiger partial charge in [0.1, 0.15) is 5.76 Å². The van der Waals surface area contributed by atoms with Crippen LogP contribution in [0, 0.1) is 19.3 Å². The van der Waals surface area contributed by atoms with Gasteiger partial charge in [0, 0.05) is 30.0 Å². The second kappa shape index (κ2) is 8.47. The maximum Gasteiger partial charge on any atom is 0.220 e. The molecule has 0 atom stereocenters. The van der Waals surface area contributed by atoms with Gasteiger partial charge in [0.2, 0.25) is 12.3 Å². The molecule has 2 aliphatic heterocycles. The second-order valence-electron chi connectivity index (χ2n) is 8.42. The van der Waals surface area contributed by atoms with Gasteiger partial charge in [-0.25, -0.2) is 0 Å². The lowest BCUT2D eigenvalue weighted by molar-refractivity contribution is -0.159. The van der Waals surface area contributed by atoms with E-state index in [1.54, 1.807) is 0 Å². The summed E-state index contributed by atoms with van der Waals surface area (Å²) in [6.07, 6.45) is 4.72. The molecule has 2 aromatic rings. The molecule has 2 amide bonds. The smallest absolute Gasteiger partial charge is 0.220 e. The highest BCUT2D eigenvalue weighted by molar-refractivity contribution is 5.85. The highest BCUT2D eigenvalue weighted by Gasteiger charge is 2.49. The van der Waals surface area contributed by atoms with Gasteiger partial charge in [0.15, 0.2) is 0 Å². The molecule has 3 aliphatic rings. The Morgan fingerprint density at radius 3 is 2.53 bits per heavy atom. The van der Waals surface area contributed by atoms with Crippen LogP contribution in [-0.2, 0) is 14.3 Å². The summed E-state index contributed by atoms with van der Waals surface area (Å²) < 4.78 is 10.6. The summed E-state index contributed by atoms with van der Waals surface area (Å²) in [5.74, 6) is 0.978. The number of hydrogen-bond acceptors (Lipinski definition) is 6. The van der Waals surface area contributed by atoms with E-state index in [0.29, 0.717) is 17.9 Å². The predicted molar refractivity (Wildman–Crippen MR) is 113 cm³/mol. The van der Waals surface area contributed by atoms with Crippen LogP contribution in [0.5, 0.6) is 0 Å². The summed E-state index contributed by atoms with van der Waals surface area (Å²) in [5.41, 5.74) is 4.93. The third kappa shape index (κ3) is 4.18. The quantitative estimate of drug-likeness (QED) is 0.652. The average Bonchev–Trinajstić information content (AvgIpc) is 3.26. The number of benzene rings is 1. The monoisotopic (exact) mass is 412 g/mol. The molecule has 1 saturated carbocycles. The van der Waals surface area contributed by atoms with Crippen LogP contribution < -0.4 is 16.0 Å². The van der Waals surface area contributed by atoms with Crippen molar-refractivity contribution in [3.8, 4) is 11.1 Å². The Balaban J connectivity index is 0.000000313. The molecule has 8 heteroatoms. The Hall–Kier alpha value is -2.87. The topological polar surface area (TPSA) is 105 Å². The lowest BCUT2D eigenvalue weighted by atomic mass is 9.64. The SMILES string of the molecule is Cc1noc(C)c1-c1ccc(NC2CC3(COC3)C2)c(NC=O)c1.O=C1CCCN1. The third-order valence-electron chi connectivity index (χ3n) is 5.99. The number of ether oxygens (including phenoxy) is 1. The van der Waals surface area contributed by atoms with Crippen molar-refractivity contribution in [1.29, 1.82) is 0 Å². The van der Waals surface area contributed by atoms with Crippen molar-refractivity contribution in [2.75, 3.05) is 30.4 Å². The average molecular weight is 412 g/mol. The summed E-state index contributed by atoms with van der Waals surface area (Å²) in [7, 11) is 0. The first-order valence-electron chi connectivity index (χ1n) is 10.4. The first kappa shape index (κ1) is 20.4. The third-order valence-corrected chi connectivity index (χ3v) is 5.99. The number of carbonyl (C=O) groups excluding carboxylic acids is 2. The summed E-state index contributed by atoms with van der Waals surface area (Å²) in [5, 5.41) is 13.0. The van der Waals surface area contributed by atoms with Gasteiger partial charge >= 0.3 is 0 Å². The molecule has 3 heterocycles. The minimum Gasteiger partial charge on any atom is -0.381 e. The van der Waals surface area contributed by atoms with Crippen molar-refractivity contribution < 1.29 is 18.8 Å². The number of hydrogen-bond donors (Lipinski definition) is 3. The fourth-order valence-electron chi connectivity index (χ4n) is 4.40. The van der Waals surface area contributed by atoms with E-state index in [4.69, 9.17) is 9.26 Å². The molecule has 2 saturated heterocycles. The Morgan fingerprint density at radius 2 is 2.03 bits per heavy atom. The van der Waals surface area contributed by atoms with Gasteiger partial charge in [0.25, 0.3) is 0 Å². The zero-order chi connectivity index (χ0) is 21.1. The van der Waals surface area contributed by atoms with E-state index in [9.17, 15) is 9.59 Å². The second-order valence-corrected chi connectivity index (χ2v) is 8.42. The number of carbonyl (C=O) groups is 2. The number of nitrogens with zero attached hydrogens (tertiary/aromatic N) is 1. The van der Waals surface area contributed by atoms with E-state index in [2.05, 4.69) is 21.1 Å². The molecule has 1 aromatic heterocycles. The molecular weight excluding hydrogens is 384 g/mol. The Bertz CT molecular complexity index is 900. The molecule has 0 radical (unpaired) electrons. The maximum absolute atomic E-state index is 11.0. The standard InChI is InChI=1S/C18H21N3O3.C4H7NO/c1-11-17(12(2)24-21-11)13-3-4-15(16(5-13)19-10-22)20-14-6-18(7-14)8-23-9-18;6-4-2-1-3-5-4/h3-5,10,14,20H,6-9H2,1-2H3,(H,19,22);1-3H2,(H,5,6). The van der Waals surface area contributed by atoms with Gasteiger partial charge in [-0.05, 0) is 50.8 Å². The maximum atomic E-state index is 11.0. The van der Waals surface area contributed by atoms with Crippen LogP contribution in [0.4, 0.5) is 11.4 Å². The molecule has 3 fully saturated rings. The van der Waals surface area contributed by atoms with Gasteiger partial charge in [-0.3, -0.25) is 9.59 Å². The highest BCUT2D eigenvalue weighted by Crippen LogP contribution is 2.48. The molecule has 0 unspecified atom stereocenters. The molecule has 160 valence electrons. The molecule has 1 aliphatic carbocycles. The van der Waals surface area contributed by atoms with Crippen LogP contribution in [0.15, 0.2) is 22.7 Å². The predicted octanol–water partition coefficient (Wildman–Crippen LogP) is 3.01. The van der Waals surface area contributed by atoms with Crippen LogP contribution in [0.25, 0.3) is 11.1 Å². The molecular formula is C22H28N4O4. The number of aromatic nitrogens is 1. The van der Waals surface area contributed by atoms with E-state index in [1.807, 2.05) is 32.0 Å². The van der Waals surface area contributed by atoms with Gasteiger partial charge in [0.05, 0.1) is 30.3 Å². The molecule has 8 nitrogen and oxygen atoms in total. The van der Waals surface area contributed by atoms with Crippen molar-refractivity contribution in [3.05, 3.63) is 29.7 Å². The molecule has 0 bridgehead atoms. The molecule has 1 aromatic carbocycles. The van der Waals surface area contributed by atoms with E-state index >= 15 is 0 Å². The lowest BCUT2D eigenvalue weighted by Gasteiger charge is -2.53. The van der Waals surface area contributed by atoms with Crippen LogP contribution in [0.3, 0.4) is 0 Å². The Morgan fingerprint density at radius 1 is 1.23 bits per heavy atom. The van der Waals surface area contributed by atoms with Crippen molar-refractivity contribution in [2.24, 2.45) is 5.41 Å². The fourth-order valence-corrected chi connectivity index (χ4v) is 4.40. The zero-order valence-electron chi connectivity index (χ0n) is 17.4. The van der Waals surface area contributed by atoms with Crippen LogP contribution in [0.2, 0.25) is 0 Å². The van der Waals surface area contributed by atoms with Crippen LogP contribution >= 0.6 is 0 Å². The van der Waals surface area contributed by atoms with Crippen molar-refractivity contribution in [1.82, 2.24) is 10.5 Å². The Kier molecular flexibility index (Phi) is 5.76. The summed E-state index contributed by atoms with van der Waals surface area (Å²) >= 11 is 0. The first-order valence-corrected chi connectivity index (χ1v) is 10.4. The van der Waals surface area contributed by atoms with Gasteiger partial charge < -0.3 is 25.2 Å². The summed E-state index contributed by atoms with van der Waals surface area (Å²) in [4.78, 5) is 21.1. The number of amides is 2. The minimum absolute atomic E-state index is 0.204. The van der Waals surface area contributed by atoms with Crippen LogP contribution in [-0.4, -0.2) is 43.3 Å². The summed E-state index contributed by atoms with van der Waals surface area (Å²) in [6.45, 7) is 6.46. The van der Waals surface area contributed by atoms with E-state index in [1.165, 1.54) is 0 Å². The van der Waals surface area contributed by atoms with Gasteiger partial charge in [-0.1, -0.05) is 11.2 Å². The fraction of sp³-hybridized carbons (Fsp3) is 0.500. The van der Waals surface area contributed by atoms with Gasteiger partial charge in [-0.15, -0.1) is 0 Å². The largest absolute Gasteiger partial charge is 0.381 e. The summed E-state index contributed by atoms with van der Waals surface area (Å²) in [6, 6.07) is 6.44. The van der Waals surface area contributed by atoms with Gasteiger partial charge in [-0.2, -0.15) is 0 Å². The highest BCUT2D eigenvalue weighted by atomic mass is 16.5. The first-order chi connectivity index (χ1) is 14.5. The zero-order valence-corrected chi connectivity index (χ0v) is 17.4. The lowest BCUT2D eigenvalue weighted by Crippen LogP contribution is -2.56. The van der Waals surface area contributed by atoms with Crippen LogP contribution in [0.1, 0.15) is 37.1 Å². The van der Waals surface area contributed by atoms with E-state index < -0.39 is 0 Å². The number of anilines is 2. The van der Waals surface area contributed by atoms with Crippen molar-refractivity contribution in [2.45, 2.75) is 45.6 Å². The minimum atomic E-state index is 0.204. The number of rotatable bonds is 5.